The SMILES string of the molecule is CCCNC(=O)[C@@H](Cc1ccccc1)N(Cc1c(Cl)cccc1Cl)C(=O)COc1ccc2ccccc2c1Br. The summed E-state index contributed by atoms with van der Waals surface area (Å²) in [6.45, 7) is 2.26. The van der Waals surface area contributed by atoms with Gasteiger partial charge in [-0.3, -0.25) is 9.59 Å². The zero-order valence-electron chi connectivity index (χ0n) is 21.5. The van der Waals surface area contributed by atoms with Crippen molar-refractivity contribution in [1.82, 2.24) is 10.2 Å². The second-order valence-electron chi connectivity index (χ2n) is 9.11. The molecular formula is C31H29BrCl2N2O3. The van der Waals surface area contributed by atoms with Crippen LogP contribution in [0, 0.1) is 0 Å². The smallest absolute Gasteiger partial charge is 0.261 e. The number of carbonyl (C=O) groups excluding carboxylic acids is 2. The van der Waals surface area contributed by atoms with Gasteiger partial charge in [-0.25, -0.2) is 0 Å². The van der Waals surface area contributed by atoms with Gasteiger partial charge in [-0.2, -0.15) is 0 Å². The van der Waals surface area contributed by atoms with E-state index in [0.29, 0.717) is 34.3 Å². The van der Waals surface area contributed by atoms with Crippen molar-refractivity contribution in [1.29, 1.82) is 0 Å². The summed E-state index contributed by atoms with van der Waals surface area (Å²) in [6, 6.07) is 25.7. The Labute approximate surface area is 247 Å². The van der Waals surface area contributed by atoms with Gasteiger partial charge in [0.1, 0.15) is 11.8 Å². The molecule has 0 heterocycles. The summed E-state index contributed by atoms with van der Waals surface area (Å²) in [5.74, 6) is -0.0736. The number of amides is 2. The number of carbonyl (C=O) groups is 2. The van der Waals surface area contributed by atoms with Gasteiger partial charge in [0.05, 0.1) is 4.47 Å². The average Bonchev–Trinajstić information content (AvgIpc) is 2.95. The largest absolute Gasteiger partial charge is 0.483 e. The highest BCUT2D eigenvalue weighted by atomic mass is 79.9. The predicted molar refractivity (Wildman–Crippen MR) is 161 cm³/mol. The van der Waals surface area contributed by atoms with Gasteiger partial charge in [0.15, 0.2) is 6.61 Å². The number of benzene rings is 4. The van der Waals surface area contributed by atoms with Crippen molar-refractivity contribution in [3.05, 3.63) is 111 Å². The highest BCUT2D eigenvalue weighted by Gasteiger charge is 2.31. The topological polar surface area (TPSA) is 58.6 Å². The molecular weight excluding hydrogens is 599 g/mol. The Morgan fingerprint density at radius 2 is 1.62 bits per heavy atom. The van der Waals surface area contributed by atoms with Gasteiger partial charge in [-0.1, -0.05) is 96.9 Å². The van der Waals surface area contributed by atoms with Crippen LogP contribution in [0.4, 0.5) is 0 Å². The van der Waals surface area contributed by atoms with E-state index < -0.39 is 6.04 Å². The molecule has 0 aliphatic carbocycles. The molecule has 1 atom stereocenters. The van der Waals surface area contributed by atoms with Crippen LogP contribution in [-0.4, -0.2) is 35.9 Å². The number of rotatable bonds is 11. The maximum absolute atomic E-state index is 13.8. The molecule has 4 rings (SSSR count). The molecule has 202 valence electrons. The first kappa shape index (κ1) is 28.9. The Hall–Kier alpha value is -3.06. The van der Waals surface area contributed by atoms with E-state index in [1.807, 2.05) is 73.7 Å². The lowest BCUT2D eigenvalue weighted by Gasteiger charge is -2.32. The highest BCUT2D eigenvalue weighted by molar-refractivity contribution is 9.10. The van der Waals surface area contributed by atoms with Crippen LogP contribution in [0.2, 0.25) is 10.0 Å². The molecule has 0 saturated heterocycles. The number of ether oxygens (including phenoxy) is 1. The molecule has 0 unspecified atom stereocenters. The second-order valence-corrected chi connectivity index (χ2v) is 10.7. The van der Waals surface area contributed by atoms with Crippen LogP contribution >= 0.6 is 39.1 Å². The first-order valence-electron chi connectivity index (χ1n) is 12.7. The van der Waals surface area contributed by atoms with Crippen molar-refractivity contribution < 1.29 is 14.3 Å². The van der Waals surface area contributed by atoms with Gasteiger partial charge in [0, 0.05) is 35.1 Å². The number of hydrogen-bond acceptors (Lipinski definition) is 3. The molecule has 0 aliphatic rings. The minimum absolute atomic E-state index is 0.0522. The summed E-state index contributed by atoms with van der Waals surface area (Å²) in [5.41, 5.74) is 1.50. The van der Waals surface area contributed by atoms with E-state index in [2.05, 4.69) is 21.2 Å². The molecule has 2 amide bonds. The normalized spacial score (nSPS) is 11.7. The summed E-state index contributed by atoms with van der Waals surface area (Å²) in [6.07, 6.45) is 1.09. The van der Waals surface area contributed by atoms with Crippen LogP contribution in [0.15, 0.2) is 89.4 Å². The first-order valence-corrected chi connectivity index (χ1v) is 14.3. The van der Waals surface area contributed by atoms with Crippen molar-refractivity contribution in [2.75, 3.05) is 13.2 Å². The predicted octanol–water partition coefficient (Wildman–Crippen LogP) is 7.45. The Kier molecular flexibility index (Phi) is 10.3. The van der Waals surface area contributed by atoms with Crippen molar-refractivity contribution in [2.24, 2.45) is 0 Å². The number of halogens is 3. The van der Waals surface area contributed by atoms with Crippen LogP contribution in [0.3, 0.4) is 0 Å². The standard InChI is InChI=1S/C31H29BrCl2N2O3/c1-2-17-35-31(38)27(18-21-9-4-3-5-10-21)36(19-24-25(33)13-8-14-26(24)34)29(37)20-39-28-16-15-22-11-6-7-12-23(22)30(28)32/h3-16,27H,2,17-20H2,1H3,(H,35,38)/t27-/m1/s1. The monoisotopic (exact) mass is 626 g/mol. The summed E-state index contributed by atoms with van der Waals surface area (Å²) in [4.78, 5) is 28.8. The number of nitrogens with one attached hydrogen (secondary N) is 1. The van der Waals surface area contributed by atoms with Gasteiger partial charge >= 0.3 is 0 Å². The van der Waals surface area contributed by atoms with E-state index in [1.165, 1.54) is 4.90 Å². The lowest BCUT2D eigenvalue weighted by molar-refractivity contribution is -0.142. The van der Waals surface area contributed by atoms with E-state index in [4.69, 9.17) is 27.9 Å². The van der Waals surface area contributed by atoms with Crippen molar-refractivity contribution in [2.45, 2.75) is 32.4 Å². The van der Waals surface area contributed by atoms with E-state index in [9.17, 15) is 9.59 Å². The third-order valence-electron chi connectivity index (χ3n) is 6.39. The van der Waals surface area contributed by atoms with E-state index in [0.717, 1.165) is 27.2 Å². The molecule has 0 bridgehead atoms. The lowest BCUT2D eigenvalue weighted by Crippen LogP contribution is -2.51. The zero-order valence-corrected chi connectivity index (χ0v) is 24.6. The molecule has 8 heteroatoms. The molecule has 5 nitrogen and oxygen atoms in total. The van der Waals surface area contributed by atoms with Crippen LogP contribution in [0.5, 0.6) is 5.75 Å². The van der Waals surface area contributed by atoms with Gasteiger partial charge in [0.2, 0.25) is 5.91 Å². The fraction of sp³-hybridized carbons (Fsp3) is 0.226. The molecule has 4 aromatic carbocycles. The van der Waals surface area contributed by atoms with Crippen LogP contribution < -0.4 is 10.1 Å². The van der Waals surface area contributed by atoms with E-state index in [-0.39, 0.29) is 25.0 Å². The first-order chi connectivity index (χ1) is 18.9. The van der Waals surface area contributed by atoms with E-state index in [1.54, 1.807) is 18.2 Å². The molecule has 0 radical (unpaired) electrons. The molecule has 0 fully saturated rings. The van der Waals surface area contributed by atoms with Crippen molar-refractivity contribution in [3.63, 3.8) is 0 Å². The number of nitrogens with zero attached hydrogens (tertiary/aromatic N) is 1. The molecule has 0 aromatic heterocycles. The van der Waals surface area contributed by atoms with Gasteiger partial charge in [0.25, 0.3) is 5.91 Å². The molecule has 4 aromatic rings. The molecule has 39 heavy (non-hydrogen) atoms. The van der Waals surface area contributed by atoms with Crippen LogP contribution in [0.25, 0.3) is 10.8 Å². The summed E-state index contributed by atoms with van der Waals surface area (Å²) >= 11 is 16.6. The van der Waals surface area contributed by atoms with E-state index >= 15 is 0 Å². The molecule has 0 spiro atoms. The summed E-state index contributed by atoms with van der Waals surface area (Å²) < 4.78 is 6.77. The summed E-state index contributed by atoms with van der Waals surface area (Å²) in [5, 5.41) is 5.83. The third-order valence-corrected chi connectivity index (χ3v) is 7.92. The van der Waals surface area contributed by atoms with Crippen LogP contribution in [-0.2, 0) is 22.6 Å². The second kappa shape index (κ2) is 13.8. The van der Waals surface area contributed by atoms with Crippen molar-refractivity contribution >= 4 is 61.7 Å². The third kappa shape index (κ3) is 7.33. The molecule has 0 aliphatic heterocycles. The van der Waals surface area contributed by atoms with Crippen LogP contribution in [0.1, 0.15) is 24.5 Å². The lowest BCUT2D eigenvalue weighted by atomic mass is 10.0. The summed E-state index contributed by atoms with van der Waals surface area (Å²) in [7, 11) is 0. The zero-order chi connectivity index (χ0) is 27.8. The Morgan fingerprint density at radius 3 is 2.33 bits per heavy atom. The fourth-order valence-corrected chi connectivity index (χ4v) is 5.45. The quantitative estimate of drug-likeness (QED) is 0.188. The van der Waals surface area contributed by atoms with Crippen molar-refractivity contribution in [3.8, 4) is 5.75 Å². The van der Waals surface area contributed by atoms with Gasteiger partial charge < -0.3 is 15.0 Å². The Balaban J connectivity index is 1.66. The van der Waals surface area contributed by atoms with Gasteiger partial charge in [-0.05, 0) is 56.9 Å². The molecule has 1 N–H and O–H groups in total. The maximum atomic E-state index is 13.8. The maximum Gasteiger partial charge on any atom is 0.261 e. The Bertz CT molecular complexity index is 1430. The minimum Gasteiger partial charge on any atom is -0.483 e. The fourth-order valence-electron chi connectivity index (χ4n) is 4.32. The Morgan fingerprint density at radius 1 is 0.923 bits per heavy atom. The number of fused-ring (bicyclic) bond motifs is 1. The highest BCUT2D eigenvalue weighted by Crippen LogP contribution is 2.33. The average molecular weight is 628 g/mol. The number of hydrogen-bond donors (Lipinski definition) is 1. The van der Waals surface area contributed by atoms with Gasteiger partial charge in [-0.15, -0.1) is 0 Å². The minimum atomic E-state index is -0.803. The molecule has 0 saturated carbocycles.